The van der Waals surface area contributed by atoms with E-state index >= 15 is 0 Å². The second-order valence-corrected chi connectivity index (χ2v) is 2.42. The number of hydrogen-bond donors (Lipinski definition) is 2. The number of hydrogen-bond acceptors (Lipinski definition) is 3. The Morgan fingerprint density at radius 2 is 2.55 bits per heavy atom. The van der Waals surface area contributed by atoms with Gasteiger partial charge >= 0.3 is 5.97 Å². The van der Waals surface area contributed by atoms with Crippen LogP contribution in [0.5, 0.6) is 0 Å². The molecule has 0 unspecified atom stereocenters. The van der Waals surface area contributed by atoms with Crippen molar-refractivity contribution in [3.63, 3.8) is 0 Å². The van der Waals surface area contributed by atoms with Crippen molar-refractivity contribution < 1.29 is 9.90 Å². The standard InChI is InChI=1S/C6H8N2O2S/c1-8-5(6(9)10)2-4(3-11)7-8/h2,11H,3H2,1H3,(H,9,10). The van der Waals surface area contributed by atoms with Gasteiger partial charge in [-0.25, -0.2) is 4.79 Å². The van der Waals surface area contributed by atoms with Crippen molar-refractivity contribution in [3.05, 3.63) is 17.5 Å². The summed E-state index contributed by atoms with van der Waals surface area (Å²) in [6.45, 7) is 0. The highest BCUT2D eigenvalue weighted by Crippen LogP contribution is 2.04. The van der Waals surface area contributed by atoms with Crippen molar-refractivity contribution in [1.82, 2.24) is 9.78 Å². The van der Waals surface area contributed by atoms with Crippen LogP contribution in [-0.4, -0.2) is 20.9 Å². The predicted molar refractivity (Wildman–Crippen MR) is 42.9 cm³/mol. The highest BCUT2D eigenvalue weighted by Gasteiger charge is 2.09. The Hall–Kier alpha value is -0.970. The molecule has 0 bridgehead atoms. The molecule has 0 atom stereocenters. The van der Waals surface area contributed by atoms with Gasteiger partial charge in [0.2, 0.25) is 0 Å². The van der Waals surface area contributed by atoms with Crippen LogP contribution in [0.25, 0.3) is 0 Å². The number of aromatic carboxylic acids is 1. The molecule has 4 nitrogen and oxygen atoms in total. The van der Waals surface area contributed by atoms with Gasteiger partial charge in [-0.1, -0.05) is 0 Å². The van der Waals surface area contributed by atoms with E-state index in [0.717, 1.165) is 0 Å². The van der Waals surface area contributed by atoms with Crippen LogP contribution in [0.1, 0.15) is 16.2 Å². The van der Waals surface area contributed by atoms with E-state index in [9.17, 15) is 4.79 Å². The average molecular weight is 172 g/mol. The third-order valence-electron chi connectivity index (χ3n) is 1.31. The molecule has 0 radical (unpaired) electrons. The second kappa shape index (κ2) is 2.96. The fraction of sp³-hybridized carbons (Fsp3) is 0.333. The van der Waals surface area contributed by atoms with Crippen molar-refractivity contribution in [2.24, 2.45) is 7.05 Å². The Morgan fingerprint density at radius 1 is 1.91 bits per heavy atom. The highest BCUT2D eigenvalue weighted by atomic mass is 32.1. The molecule has 0 amide bonds. The minimum absolute atomic E-state index is 0.189. The summed E-state index contributed by atoms with van der Waals surface area (Å²) in [5.74, 6) is -0.505. The maximum Gasteiger partial charge on any atom is 0.354 e. The average Bonchev–Trinajstić information content (AvgIpc) is 2.30. The zero-order valence-corrected chi connectivity index (χ0v) is 6.88. The van der Waals surface area contributed by atoms with Crippen LogP contribution in [0.4, 0.5) is 0 Å². The zero-order valence-electron chi connectivity index (χ0n) is 5.98. The third-order valence-corrected chi connectivity index (χ3v) is 1.64. The number of nitrogens with zero attached hydrogens (tertiary/aromatic N) is 2. The van der Waals surface area contributed by atoms with E-state index in [1.54, 1.807) is 7.05 Å². The second-order valence-electron chi connectivity index (χ2n) is 2.11. The molecule has 0 aliphatic rings. The topological polar surface area (TPSA) is 55.1 Å². The van der Waals surface area contributed by atoms with Gasteiger partial charge in [0.05, 0.1) is 5.69 Å². The maximum atomic E-state index is 10.5. The van der Waals surface area contributed by atoms with Crippen LogP contribution in [0.15, 0.2) is 6.07 Å². The molecule has 0 spiro atoms. The maximum absolute atomic E-state index is 10.5. The lowest BCUT2D eigenvalue weighted by Gasteiger charge is -1.91. The molecule has 0 fully saturated rings. The van der Waals surface area contributed by atoms with E-state index in [1.807, 2.05) is 0 Å². The first-order chi connectivity index (χ1) is 5.15. The van der Waals surface area contributed by atoms with Gasteiger partial charge < -0.3 is 5.11 Å². The van der Waals surface area contributed by atoms with E-state index in [4.69, 9.17) is 5.11 Å². The fourth-order valence-corrected chi connectivity index (χ4v) is 0.959. The van der Waals surface area contributed by atoms with Gasteiger partial charge in [0.25, 0.3) is 0 Å². The molecular weight excluding hydrogens is 164 g/mol. The van der Waals surface area contributed by atoms with E-state index < -0.39 is 5.97 Å². The van der Waals surface area contributed by atoms with Gasteiger partial charge in [0.1, 0.15) is 5.69 Å². The fourth-order valence-electron chi connectivity index (χ4n) is 0.804. The number of carbonyl (C=O) groups is 1. The number of thiol groups is 1. The number of rotatable bonds is 2. The van der Waals surface area contributed by atoms with Crippen LogP contribution in [0, 0.1) is 0 Å². The van der Waals surface area contributed by atoms with Crippen molar-refractivity contribution in [1.29, 1.82) is 0 Å². The molecule has 1 aromatic heterocycles. The Labute approximate surface area is 69.2 Å². The molecule has 1 aromatic rings. The summed E-state index contributed by atoms with van der Waals surface area (Å²) >= 11 is 3.97. The lowest BCUT2D eigenvalue weighted by Crippen LogP contribution is -2.04. The molecule has 1 heterocycles. The first-order valence-corrected chi connectivity index (χ1v) is 3.65. The van der Waals surface area contributed by atoms with Gasteiger partial charge in [-0.2, -0.15) is 17.7 Å². The molecule has 0 aliphatic carbocycles. The minimum Gasteiger partial charge on any atom is -0.477 e. The minimum atomic E-state index is -0.965. The molecular formula is C6H8N2O2S. The molecule has 60 valence electrons. The first-order valence-electron chi connectivity index (χ1n) is 3.02. The molecule has 1 rings (SSSR count). The van der Waals surface area contributed by atoms with Crippen molar-refractivity contribution in [2.45, 2.75) is 5.75 Å². The third kappa shape index (κ3) is 1.54. The Morgan fingerprint density at radius 3 is 2.82 bits per heavy atom. The quantitative estimate of drug-likeness (QED) is 0.640. The van der Waals surface area contributed by atoms with Crippen LogP contribution < -0.4 is 0 Å². The van der Waals surface area contributed by atoms with Crippen molar-refractivity contribution in [2.75, 3.05) is 0 Å². The molecule has 1 N–H and O–H groups in total. The van der Waals surface area contributed by atoms with Crippen molar-refractivity contribution in [3.8, 4) is 0 Å². The van der Waals surface area contributed by atoms with Gasteiger partial charge in [-0.3, -0.25) is 4.68 Å². The highest BCUT2D eigenvalue weighted by molar-refractivity contribution is 7.79. The monoisotopic (exact) mass is 172 g/mol. The zero-order chi connectivity index (χ0) is 8.43. The number of aromatic nitrogens is 2. The normalized spacial score (nSPS) is 10.0. The summed E-state index contributed by atoms with van der Waals surface area (Å²) in [5, 5.41) is 12.5. The number of aryl methyl sites for hydroxylation is 1. The molecule has 0 saturated carbocycles. The summed E-state index contributed by atoms with van der Waals surface area (Å²) < 4.78 is 1.33. The Bertz CT molecular complexity index is 282. The van der Waals surface area contributed by atoms with E-state index in [0.29, 0.717) is 11.4 Å². The van der Waals surface area contributed by atoms with E-state index in [-0.39, 0.29) is 5.69 Å². The lowest BCUT2D eigenvalue weighted by atomic mass is 10.4. The van der Waals surface area contributed by atoms with Crippen LogP contribution in [-0.2, 0) is 12.8 Å². The van der Waals surface area contributed by atoms with Crippen LogP contribution in [0.2, 0.25) is 0 Å². The number of carboxylic acids is 1. The number of carboxylic acid groups (broad SMARTS) is 1. The predicted octanol–water partition coefficient (Wildman–Crippen LogP) is 0.548. The summed E-state index contributed by atoms with van der Waals surface area (Å²) in [7, 11) is 1.59. The lowest BCUT2D eigenvalue weighted by molar-refractivity contribution is 0.0685. The van der Waals surface area contributed by atoms with Crippen LogP contribution >= 0.6 is 12.6 Å². The molecule has 0 saturated heterocycles. The smallest absolute Gasteiger partial charge is 0.354 e. The Balaban J connectivity index is 3.07. The first kappa shape index (κ1) is 8.13. The van der Waals surface area contributed by atoms with Gasteiger partial charge in [0.15, 0.2) is 0 Å². The summed E-state index contributed by atoms with van der Waals surface area (Å²) in [6, 6.07) is 1.51. The molecule has 5 heteroatoms. The van der Waals surface area contributed by atoms with Crippen LogP contribution in [0.3, 0.4) is 0 Å². The van der Waals surface area contributed by atoms with E-state index in [2.05, 4.69) is 17.7 Å². The largest absolute Gasteiger partial charge is 0.477 e. The molecule has 0 aromatic carbocycles. The van der Waals surface area contributed by atoms with Crippen molar-refractivity contribution >= 4 is 18.6 Å². The van der Waals surface area contributed by atoms with Gasteiger partial charge in [-0.15, -0.1) is 0 Å². The summed E-state index contributed by atoms with van der Waals surface area (Å²) in [6.07, 6.45) is 0. The molecule has 0 aliphatic heterocycles. The Kier molecular flexibility index (Phi) is 2.19. The SMILES string of the molecule is Cn1nc(CS)cc1C(=O)O. The summed E-state index contributed by atoms with van der Waals surface area (Å²) in [5.41, 5.74) is 0.863. The summed E-state index contributed by atoms with van der Waals surface area (Å²) in [4.78, 5) is 10.5. The van der Waals surface area contributed by atoms with Gasteiger partial charge in [0, 0.05) is 12.8 Å². The van der Waals surface area contributed by atoms with E-state index in [1.165, 1.54) is 10.7 Å². The van der Waals surface area contributed by atoms with Gasteiger partial charge in [-0.05, 0) is 6.07 Å². The molecule has 11 heavy (non-hydrogen) atoms.